The van der Waals surface area contributed by atoms with Crippen LogP contribution in [0.1, 0.15) is 70.8 Å². The van der Waals surface area contributed by atoms with E-state index >= 15 is 0 Å². The van der Waals surface area contributed by atoms with E-state index in [1.54, 1.807) is 16.5 Å². The van der Waals surface area contributed by atoms with Crippen molar-refractivity contribution in [2.45, 2.75) is 51.5 Å². The van der Waals surface area contributed by atoms with Crippen molar-refractivity contribution in [3.05, 3.63) is 39.5 Å². The van der Waals surface area contributed by atoms with Gasteiger partial charge in [-0.15, -0.1) is 0 Å². The average molecular weight is 372 g/mol. The Morgan fingerprint density at radius 2 is 2.11 bits per heavy atom. The molecule has 8 nitrogen and oxygen atoms in total. The Bertz CT molecular complexity index is 952. The highest BCUT2D eigenvalue weighted by molar-refractivity contribution is 6.09. The number of aromatic nitrogens is 3. The predicted molar refractivity (Wildman–Crippen MR) is 97.0 cm³/mol. The first-order chi connectivity index (χ1) is 13.0. The average Bonchev–Trinajstić information content (AvgIpc) is 3.24. The van der Waals surface area contributed by atoms with Crippen molar-refractivity contribution in [2.75, 3.05) is 13.1 Å². The normalized spacial score (nSPS) is 20.0. The summed E-state index contributed by atoms with van der Waals surface area (Å²) in [6.07, 6.45) is 5.08. The van der Waals surface area contributed by atoms with Gasteiger partial charge in [-0.05, 0) is 26.2 Å². The minimum atomic E-state index is -0.165. The molecule has 1 amide bonds. The molecule has 8 heteroatoms. The van der Waals surface area contributed by atoms with Crippen molar-refractivity contribution in [2.24, 2.45) is 7.05 Å². The summed E-state index contributed by atoms with van der Waals surface area (Å²) in [5.41, 5.74) is 0.714. The zero-order valence-corrected chi connectivity index (χ0v) is 15.7. The Balaban J connectivity index is 1.60. The Labute approximate surface area is 156 Å². The van der Waals surface area contributed by atoms with E-state index in [9.17, 15) is 14.4 Å². The van der Waals surface area contributed by atoms with Crippen molar-refractivity contribution in [3.63, 3.8) is 0 Å². The van der Waals surface area contributed by atoms with Crippen LogP contribution in [0, 0.1) is 0 Å². The topological polar surface area (TPSA) is 90.3 Å². The standard InChI is InChI=1S/C19H24N4O4/c1-3-23-17(20-21(2)19(23)26)12-6-5-9-22(10-12)18(25)13-11-27-15-8-4-7-14(24)16(13)15/h11-12H,3-10H2,1-2H3. The summed E-state index contributed by atoms with van der Waals surface area (Å²) in [5, 5.41) is 4.40. The number of piperidine rings is 1. The maximum absolute atomic E-state index is 13.1. The van der Waals surface area contributed by atoms with E-state index < -0.39 is 0 Å². The van der Waals surface area contributed by atoms with Crippen LogP contribution in [0.25, 0.3) is 0 Å². The first-order valence-electron chi connectivity index (χ1n) is 9.57. The fourth-order valence-corrected chi connectivity index (χ4v) is 4.24. The van der Waals surface area contributed by atoms with Gasteiger partial charge in [0.2, 0.25) is 0 Å². The van der Waals surface area contributed by atoms with E-state index in [4.69, 9.17) is 4.42 Å². The van der Waals surface area contributed by atoms with Crippen LogP contribution in [0.15, 0.2) is 15.5 Å². The number of hydrogen-bond donors (Lipinski definition) is 0. The highest BCUT2D eigenvalue weighted by atomic mass is 16.3. The molecule has 1 atom stereocenters. The van der Waals surface area contributed by atoms with E-state index in [1.807, 2.05) is 6.92 Å². The second kappa shape index (κ2) is 6.83. The van der Waals surface area contributed by atoms with Crippen LogP contribution in [0.5, 0.6) is 0 Å². The fraction of sp³-hybridized carbons (Fsp3) is 0.579. The molecule has 2 aromatic heterocycles. The summed E-state index contributed by atoms with van der Waals surface area (Å²) >= 11 is 0. The van der Waals surface area contributed by atoms with Gasteiger partial charge < -0.3 is 9.32 Å². The number of hydrogen-bond acceptors (Lipinski definition) is 5. The lowest BCUT2D eigenvalue weighted by Crippen LogP contribution is -2.40. The third kappa shape index (κ3) is 2.93. The summed E-state index contributed by atoms with van der Waals surface area (Å²) < 4.78 is 8.53. The van der Waals surface area contributed by atoms with Crippen LogP contribution in [-0.2, 0) is 20.0 Å². The number of carbonyl (C=O) groups is 2. The van der Waals surface area contributed by atoms with Gasteiger partial charge >= 0.3 is 5.69 Å². The molecule has 1 aliphatic carbocycles. The van der Waals surface area contributed by atoms with E-state index in [0.29, 0.717) is 49.4 Å². The predicted octanol–water partition coefficient (Wildman–Crippen LogP) is 1.73. The van der Waals surface area contributed by atoms with Gasteiger partial charge in [0.15, 0.2) is 5.78 Å². The molecule has 3 heterocycles. The minimum absolute atomic E-state index is 0.00791. The lowest BCUT2D eigenvalue weighted by atomic mass is 9.92. The van der Waals surface area contributed by atoms with E-state index in [2.05, 4.69) is 5.10 Å². The first-order valence-corrected chi connectivity index (χ1v) is 9.57. The molecular weight excluding hydrogens is 348 g/mol. The molecule has 1 fully saturated rings. The molecule has 0 radical (unpaired) electrons. The van der Waals surface area contributed by atoms with Gasteiger partial charge in [0, 0.05) is 45.4 Å². The number of rotatable bonds is 3. The number of carbonyl (C=O) groups excluding carboxylic acids is 2. The maximum Gasteiger partial charge on any atom is 0.345 e. The Hall–Kier alpha value is -2.64. The molecule has 1 aliphatic heterocycles. The van der Waals surface area contributed by atoms with Crippen LogP contribution in [0.4, 0.5) is 0 Å². The van der Waals surface area contributed by atoms with Gasteiger partial charge in [0.1, 0.15) is 17.8 Å². The van der Waals surface area contributed by atoms with Gasteiger partial charge in [-0.2, -0.15) is 5.10 Å². The molecule has 1 saturated heterocycles. The van der Waals surface area contributed by atoms with E-state index in [1.165, 1.54) is 10.9 Å². The second-order valence-corrected chi connectivity index (χ2v) is 7.32. The molecule has 4 rings (SSSR count). The number of nitrogens with zero attached hydrogens (tertiary/aromatic N) is 4. The summed E-state index contributed by atoms with van der Waals surface area (Å²) in [7, 11) is 1.65. The van der Waals surface area contributed by atoms with Gasteiger partial charge in [-0.25, -0.2) is 9.48 Å². The molecule has 27 heavy (non-hydrogen) atoms. The van der Waals surface area contributed by atoms with E-state index in [0.717, 1.165) is 25.1 Å². The van der Waals surface area contributed by atoms with Crippen LogP contribution < -0.4 is 5.69 Å². The summed E-state index contributed by atoms with van der Waals surface area (Å²) in [4.78, 5) is 39.3. The summed E-state index contributed by atoms with van der Waals surface area (Å²) in [6, 6.07) is 0. The van der Waals surface area contributed by atoms with Gasteiger partial charge in [0.25, 0.3) is 5.91 Å². The lowest BCUT2D eigenvalue weighted by molar-refractivity contribution is 0.0698. The first kappa shape index (κ1) is 17.8. The zero-order chi connectivity index (χ0) is 19.1. The van der Waals surface area contributed by atoms with Crippen molar-refractivity contribution >= 4 is 11.7 Å². The van der Waals surface area contributed by atoms with Crippen LogP contribution in [0.3, 0.4) is 0 Å². The molecular formula is C19H24N4O4. The molecule has 144 valence electrons. The molecule has 2 aliphatic rings. The minimum Gasteiger partial charge on any atom is -0.468 e. The lowest BCUT2D eigenvalue weighted by Gasteiger charge is -2.32. The van der Waals surface area contributed by atoms with Gasteiger partial charge in [0.05, 0.1) is 11.1 Å². The number of likely N-dealkylation sites (tertiary alicyclic amines) is 1. The summed E-state index contributed by atoms with van der Waals surface area (Å²) in [5.74, 6) is 1.20. The number of amides is 1. The number of Topliss-reactive ketones (excluding diaryl/α,β-unsaturated/α-hetero) is 1. The number of ketones is 1. The quantitative estimate of drug-likeness (QED) is 0.818. The molecule has 1 unspecified atom stereocenters. The second-order valence-electron chi connectivity index (χ2n) is 7.32. The summed E-state index contributed by atoms with van der Waals surface area (Å²) in [6.45, 7) is 3.59. The van der Waals surface area contributed by atoms with Gasteiger partial charge in [-0.1, -0.05) is 0 Å². The molecule has 0 spiro atoms. The fourth-order valence-electron chi connectivity index (χ4n) is 4.24. The number of aryl methyl sites for hydroxylation is 2. The molecule has 0 bridgehead atoms. The van der Waals surface area contributed by atoms with Crippen LogP contribution in [0.2, 0.25) is 0 Å². The number of furan rings is 1. The zero-order valence-electron chi connectivity index (χ0n) is 15.7. The Morgan fingerprint density at radius 3 is 2.89 bits per heavy atom. The van der Waals surface area contributed by atoms with Crippen molar-refractivity contribution < 1.29 is 14.0 Å². The van der Waals surface area contributed by atoms with Gasteiger partial charge in [-0.3, -0.25) is 14.2 Å². The third-order valence-corrected chi connectivity index (χ3v) is 5.61. The Kier molecular flexibility index (Phi) is 4.49. The van der Waals surface area contributed by atoms with Crippen molar-refractivity contribution in [1.82, 2.24) is 19.2 Å². The van der Waals surface area contributed by atoms with Crippen molar-refractivity contribution in [3.8, 4) is 0 Å². The highest BCUT2D eigenvalue weighted by Crippen LogP contribution is 2.30. The van der Waals surface area contributed by atoms with E-state index in [-0.39, 0.29) is 23.3 Å². The third-order valence-electron chi connectivity index (χ3n) is 5.61. The van der Waals surface area contributed by atoms with Crippen molar-refractivity contribution in [1.29, 1.82) is 0 Å². The monoisotopic (exact) mass is 372 g/mol. The molecule has 0 aromatic carbocycles. The smallest absolute Gasteiger partial charge is 0.345 e. The van der Waals surface area contributed by atoms with Crippen LogP contribution in [-0.4, -0.2) is 44.0 Å². The molecule has 0 N–H and O–H groups in total. The number of fused-ring (bicyclic) bond motifs is 1. The highest BCUT2D eigenvalue weighted by Gasteiger charge is 2.33. The SMILES string of the molecule is CCn1c(C2CCCN(C(=O)c3coc4c3C(=O)CCC4)C2)nn(C)c1=O. The molecule has 2 aromatic rings. The molecule has 0 saturated carbocycles. The van der Waals surface area contributed by atoms with Crippen LogP contribution >= 0.6 is 0 Å². The largest absolute Gasteiger partial charge is 0.468 e. The Morgan fingerprint density at radius 1 is 1.30 bits per heavy atom. The maximum atomic E-state index is 13.1.